The van der Waals surface area contributed by atoms with Crippen LogP contribution >= 0.6 is 0 Å². The summed E-state index contributed by atoms with van der Waals surface area (Å²) in [4.78, 5) is 14.8. The van der Waals surface area contributed by atoms with Crippen molar-refractivity contribution in [2.45, 2.75) is 6.92 Å². The molecule has 4 rings (SSSR count). The fourth-order valence-electron chi connectivity index (χ4n) is 3.74. The highest BCUT2D eigenvalue weighted by Gasteiger charge is 2.16. The lowest BCUT2D eigenvalue weighted by Crippen LogP contribution is -2.41. The van der Waals surface area contributed by atoms with Crippen molar-refractivity contribution in [3.8, 4) is 11.3 Å². The van der Waals surface area contributed by atoms with Crippen LogP contribution in [-0.2, 0) is 18.8 Å². The molecule has 3 aromatic rings. The first-order valence-corrected chi connectivity index (χ1v) is 9.72. The van der Waals surface area contributed by atoms with Crippen LogP contribution in [0.25, 0.3) is 22.2 Å². The van der Waals surface area contributed by atoms with Crippen molar-refractivity contribution in [1.29, 1.82) is 0 Å². The molecule has 0 spiro atoms. The maximum Gasteiger partial charge on any atom is 0.271 e. The number of rotatable bonds is 5. The third kappa shape index (κ3) is 3.68. The molecule has 1 N–H and O–H groups in total. The number of morpholine rings is 1. The number of benzene rings is 1. The molecule has 1 aliphatic rings. The number of amides is 1. The van der Waals surface area contributed by atoms with Crippen LogP contribution in [0.5, 0.6) is 0 Å². The highest BCUT2D eigenvalue weighted by atomic mass is 16.5. The number of hydrogen-bond acceptors (Lipinski definition) is 4. The molecule has 7 nitrogen and oxygen atoms in total. The van der Waals surface area contributed by atoms with E-state index in [0.717, 1.165) is 44.1 Å². The first kappa shape index (κ1) is 18.7. The molecule has 0 atom stereocenters. The van der Waals surface area contributed by atoms with E-state index in [0.29, 0.717) is 12.2 Å². The number of carbonyl (C=O) groups is 1. The van der Waals surface area contributed by atoms with E-state index in [1.165, 1.54) is 16.6 Å². The van der Waals surface area contributed by atoms with Gasteiger partial charge in [0.2, 0.25) is 0 Å². The summed E-state index contributed by atoms with van der Waals surface area (Å²) in [5.41, 5.74) is 4.85. The van der Waals surface area contributed by atoms with E-state index in [4.69, 9.17) is 4.74 Å². The molecule has 0 bridgehead atoms. The van der Waals surface area contributed by atoms with Gasteiger partial charge in [-0.1, -0.05) is 6.07 Å². The second kappa shape index (κ2) is 7.77. The number of nitrogens with one attached hydrogen (secondary N) is 1. The molecule has 0 saturated carbocycles. The molecule has 1 saturated heterocycles. The predicted octanol–water partition coefficient (Wildman–Crippen LogP) is 1.95. The van der Waals surface area contributed by atoms with Gasteiger partial charge in [-0.2, -0.15) is 5.10 Å². The first-order valence-electron chi connectivity index (χ1n) is 9.72. The molecule has 0 aliphatic carbocycles. The van der Waals surface area contributed by atoms with Gasteiger partial charge in [-0.3, -0.25) is 14.4 Å². The lowest BCUT2D eigenvalue weighted by Gasteiger charge is -2.26. The van der Waals surface area contributed by atoms with Crippen molar-refractivity contribution < 1.29 is 9.53 Å². The zero-order valence-corrected chi connectivity index (χ0v) is 16.7. The fourth-order valence-corrected chi connectivity index (χ4v) is 3.74. The van der Waals surface area contributed by atoms with E-state index in [-0.39, 0.29) is 5.91 Å². The minimum absolute atomic E-state index is 0.133. The van der Waals surface area contributed by atoms with Gasteiger partial charge >= 0.3 is 0 Å². The molecule has 1 aliphatic heterocycles. The molecular weight excluding hydrogens is 354 g/mol. The van der Waals surface area contributed by atoms with Crippen LogP contribution < -0.4 is 5.32 Å². The van der Waals surface area contributed by atoms with E-state index in [1.807, 2.05) is 13.1 Å². The summed E-state index contributed by atoms with van der Waals surface area (Å²) in [5, 5.41) is 8.59. The summed E-state index contributed by atoms with van der Waals surface area (Å²) in [7, 11) is 3.95. The van der Waals surface area contributed by atoms with Crippen LogP contribution in [0.2, 0.25) is 0 Å². The standard InChI is InChI=1S/C21H27N5O2/c1-15-12-17-13-16(4-5-19(17)24(15)2)20-14-18(23-25(20)3)21(27)22-6-7-26-8-10-28-11-9-26/h4-5,12-14H,6-11H2,1-3H3,(H,22,27). The second-order valence-electron chi connectivity index (χ2n) is 7.37. The Labute approximate surface area is 164 Å². The minimum atomic E-state index is -0.133. The number of carbonyl (C=O) groups excluding carboxylic acids is 1. The summed E-state index contributed by atoms with van der Waals surface area (Å²) in [6, 6.07) is 10.4. The van der Waals surface area contributed by atoms with Gasteiger partial charge in [-0.25, -0.2) is 0 Å². The van der Waals surface area contributed by atoms with Crippen LogP contribution in [0.15, 0.2) is 30.3 Å². The third-order valence-corrected chi connectivity index (χ3v) is 5.51. The topological polar surface area (TPSA) is 64.3 Å². The van der Waals surface area contributed by atoms with Crippen molar-refractivity contribution in [2.24, 2.45) is 14.1 Å². The Kier molecular flexibility index (Phi) is 5.19. The summed E-state index contributed by atoms with van der Waals surface area (Å²) < 4.78 is 9.29. The van der Waals surface area contributed by atoms with E-state index in [2.05, 4.69) is 58.1 Å². The molecule has 1 amide bonds. The Morgan fingerprint density at radius 3 is 2.75 bits per heavy atom. The molecule has 28 heavy (non-hydrogen) atoms. The van der Waals surface area contributed by atoms with E-state index in [9.17, 15) is 4.79 Å². The average molecular weight is 381 g/mol. The van der Waals surface area contributed by atoms with Crippen LogP contribution in [-0.4, -0.2) is 64.5 Å². The highest BCUT2D eigenvalue weighted by Crippen LogP contribution is 2.26. The van der Waals surface area contributed by atoms with Crippen molar-refractivity contribution >= 4 is 16.8 Å². The largest absolute Gasteiger partial charge is 0.379 e. The lowest BCUT2D eigenvalue weighted by molar-refractivity contribution is 0.0383. The fraction of sp³-hybridized carbons (Fsp3) is 0.429. The third-order valence-electron chi connectivity index (χ3n) is 5.51. The van der Waals surface area contributed by atoms with Gasteiger partial charge in [0.15, 0.2) is 5.69 Å². The number of aryl methyl sites for hydroxylation is 3. The van der Waals surface area contributed by atoms with Gasteiger partial charge < -0.3 is 14.6 Å². The Morgan fingerprint density at radius 2 is 1.96 bits per heavy atom. The highest BCUT2D eigenvalue weighted by molar-refractivity contribution is 5.94. The van der Waals surface area contributed by atoms with Gasteiger partial charge in [0, 0.05) is 62.4 Å². The molecule has 1 fully saturated rings. The van der Waals surface area contributed by atoms with Gasteiger partial charge in [0.05, 0.1) is 18.9 Å². The summed E-state index contributed by atoms with van der Waals surface area (Å²) in [6.07, 6.45) is 0. The number of hydrogen-bond donors (Lipinski definition) is 1. The molecule has 1 aromatic carbocycles. The van der Waals surface area contributed by atoms with Crippen LogP contribution in [0.1, 0.15) is 16.2 Å². The minimum Gasteiger partial charge on any atom is -0.379 e. The predicted molar refractivity (Wildman–Crippen MR) is 109 cm³/mol. The van der Waals surface area contributed by atoms with Crippen molar-refractivity contribution in [3.63, 3.8) is 0 Å². The quantitative estimate of drug-likeness (QED) is 0.734. The SMILES string of the molecule is Cc1cc2cc(-c3cc(C(=O)NCCN4CCOCC4)nn3C)ccc2n1C. The lowest BCUT2D eigenvalue weighted by atomic mass is 10.1. The Balaban J connectivity index is 1.46. The second-order valence-corrected chi connectivity index (χ2v) is 7.37. The van der Waals surface area contributed by atoms with Crippen LogP contribution in [0.4, 0.5) is 0 Å². The maximum absolute atomic E-state index is 12.5. The average Bonchev–Trinajstić information content (AvgIpc) is 3.22. The van der Waals surface area contributed by atoms with Crippen molar-refractivity contribution in [2.75, 3.05) is 39.4 Å². The molecule has 7 heteroatoms. The van der Waals surface area contributed by atoms with Crippen molar-refractivity contribution in [1.82, 2.24) is 24.6 Å². The normalized spacial score (nSPS) is 15.2. The number of fused-ring (bicyclic) bond motifs is 1. The molecular formula is C21H27N5O2. The molecule has 3 heterocycles. The first-order chi connectivity index (χ1) is 13.5. The molecule has 2 aromatic heterocycles. The number of ether oxygens (including phenoxy) is 1. The summed E-state index contributed by atoms with van der Waals surface area (Å²) in [6.45, 7) is 6.92. The summed E-state index contributed by atoms with van der Waals surface area (Å²) in [5.74, 6) is -0.133. The number of nitrogens with zero attached hydrogens (tertiary/aromatic N) is 4. The maximum atomic E-state index is 12.5. The van der Waals surface area contributed by atoms with Gasteiger partial charge in [0.1, 0.15) is 0 Å². The summed E-state index contributed by atoms with van der Waals surface area (Å²) >= 11 is 0. The smallest absolute Gasteiger partial charge is 0.271 e. The van der Waals surface area contributed by atoms with Gasteiger partial charge in [-0.05, 0) is 31.2 Å². The molecule has 148 valence electrons. The Hall–Kier alpha value is -2.64. The van der Waals surface area contributed by atoms with Crippen molar-refractivity contribution in [3.05, 3.63) is 41.7 Å². The Bertz CT molecular complexity index is 998. The van der Waals surface area contributed by atoms with Crippen LogP contribution in [0.3, 0.4) is 0 Å². The van der Waals surface area contributed by atoms with E-state index < -0.39 is 0 Å². The van der Waals surface area contributed by atoms with E-state index in [1.54, 1.807) is 4.68 Å². The van der Waals surface area contributed by atoms with Crippen LogP contribution in [0, 0.1) is 6.92 Å². The zero-order valence-electron chi connectivity index (χ0n) is 16.7. The molecule has 0 unspecified atom stereocenters. The van der Waals surface area contributed by atoms with E-state index >= 15 is 0 Å². The van der Waals surface area contributed by atoms with Gasteiger partial charge in [0.25, 0.3) is 5.91 Å². The molecule has 0 radical (unpaired) electrons. The van der Waals surface area contributed by atoms with Gasteiger partial charge in [-0.15, -0.1) is 0 Å². The number of aromatic nitrogens is 3. The monoisotopic (exact) mass is 381 g/mol. The Morgan fingerprint density at radius 1 is 1.18 bits per heavy atom. The zero-order chi connectivity index (χ0) is 19.7.